The molecule has 0 spiro atoms. The van der Waals surface area contributed by atoms with Crippen LogP contribution in [0.1, 0.15) is 44.6 Å². The number of benzene rings is 1. The first-order chi connectivity index (χ1) is 11.5. The topological polar surface area (TPSA) is 46.6 Å². The highest BCUT2D eigenvalue weighted by atomic mass is 35.5. The van der Waals surface area contributed by atoms with Gasteiger partial charge in [0.2, 0.25) is 0 Å². The molecule has 0 radical (unpaired) electrons. The molecule has 0 unspecified atom stereocenters. The van der Waals surface area contributed by atoms with E-state index in [1.165, 1.54) is 6.42 Å². The molecule has 1 aliphatic carbocycles. The Morgan fingerprint density at radius 3 is 2.54 bits per heavy atom. The van der Waals surface area contributed by atoms with Gasteiger partial charge in [-0.1, -0.05) is 48.5 Å². The minimum Gasteiger partial charge on any atom is -0.455 e. The maximum Gasteiger partial charge on any atom is 0.310 e. The molecule has 0 bridgehead atoms. The third-order valence-corrected chi connectivity index (χ3v) is 4.97. The van der Waals surface area contributed by atoms with Crippen molar-refractivity contribution in [2.24, 2.45) is 0 Å². The van der Waals surface area contributed by atoms with Crippen LogP contribution in [0, 0.1) is 0 Å². The lowest BCUT2D eigenvalue weighted by molar-refractivity contribution is -0.152. The van der Waals surface area contributed by atoms with Gasteiger partial charge in [0.25, 0.3) is 5.91 Å². The number of carbonyl (C=O) groups excluding carboxylic acids is 2. The molecule has 0 aromatic heterocycles. The van der Waals surface area contributed by atoms with Crippen molar-refractivity contribution in [3.8, 4) is 0 Å². The molecule has 1 aliphatic rings. The fourth-order valence-electron chi connectivity index (χ4n) is 3.13. The number of hydrogen-bond acceptors (Lipinski definition) is 3. The smallest absolute Gasteiger partial charge is 0.310 e. The summed E-state index contributed by atoms with van der Waals surface area (Å²) in [6.45, 7) is 2.39. The van der Waals surface area contributed by atoms with Gasteiger partial charge in [-0.2, -0.15) is 0 Å². The van der Waals surface area contributed by atoms with E-state index in [1.807, 2.05) is 11.8 Å². The zero-order valence-electron chi connectivity index (χ0n) is 13.9. The van der Waals surface area contributed by atoms with Crippen LogP contribution in [0.3, 0.4) is 0 Å². The SMILES string of the molecule is CCN(C(=O)COC(=O)Cc1ccc(Cl)cc1Cl)C1CCCCC1. The first kappa shape index (κ1) is 19.1. The zero-order chi connectivity index (χ0) is 17.5. The Balaban J connectivity index is 1.84. The number of carbonyl (C=O) groups is 2. The van der Waals surface area contributed by atoms with E-state index in [-0.39, 0.29) is 25.0 Å². The van der Waals surface area contributed by atoms with Crippen molar-refractivity contribution in [3.63, 3.8) is 0 Å². The highest BCUT2D eigenvalue weighted by Crippen LogP contribution is 2.23. The molecule has 0 atom stereocenters. The van der Waals surface area contributed by atoms with Crippen molar-refractivity contribution in [2.45, 2.75) is 51.5 Å². The second kappa shape index (κ2) is 9.28. The van der Waals surface area contributed by atoms with Gasteiger partial charge < -0.3 is 9.64 Å². The Kier molecular flexibility index (Phi) is 7.38. The van der Waals surface area contributed by atoms with Gasteiger partial charge in [-0.15, -0.1) is 0 Å². The predicted octanol–water partition coefficient (Wildman–Crippen LogP) is 4.26. The largest absolute Gasteiger partial charge is 0.455 e. The number of rotatable bonds is 6. The Morgan fingerprint density at radius 2 is 1.92 bits per heavy atom. The zero-order valence-corrected chi connectivity index (χ0v) is 15.4. The van der Waals surface area contributed by atoms with E-state index in [4.69, 9.17) is 27.9 Å². The van der Waals surface area contributed by atoms with E-state index in [0.29, 0.717) is 22.2 Å². The van der Waals surface area contributed by atoms with Crippen LogP contribution in [0.4, 0.5) is 0 Å². The predicted molar refractivity (Wildman–Crippen MR) is 95.4 cm³/mol. The molecule has 6 heteroatoms. The number of halogens is 2. The number of ether oxygens (including phenoxy) is 1. The molecule has 0 N–H and O–H groups in total. The van der Waals surface area contributed by atoms with Crippen molar-refractivity contribution in [2.75, 3.05) is 13.2 Å². The van der Waals surface area contributed by atoms with Crippen LogP contribution in [0.15, 0.2) is 18.2 Å². The minimum atomic E-state index is -0.465. The van der Waals surface area contributed by atoms with Crippen LogP contribution < -0.4 is 0 Å². The second-order valence-corrected chi connectivity index (χ2v) is 6.89. The van der Waals surface area contributed by atoms with Gasteiger partial charge in [-0.25, -0.2) is 0 Å². The summed E-state index contributed by atoms with van der Waals surface area (Å²) in [5, 5.41) is 0.932. The Labute approximate surface area is 153 Å². The van der Waals surface area contributed by atoms with Gasteiger partial charge in [0.1, 0.15) is 0 Å². The molecule has 1 aromatic rings. The van der Waals surface area contributed by atoms with Crippen LogP contribution in [0.2, 0.25) is 10.0 Å². The summed E-state index contributed by atoms with van der Waals surface area (Å²) in [6, 6.07) is 5.22. The Hall–Kier alpha value is -1.26. The van der Waals surface area contributed by atoms with Gasteiger partial charge in [0, 0.05) is 22.6 Å². The molecule has 1 amide bonds. The molecule has 24 heavy (non-hydrogen) atoms. The third-order valence-electron chi connectivity index (χ3n) is 4.38. The van der Waals surface area contributed by atoms with Gasteiger partial charge in [-0.05, 0) is 37.5 Å². The molecule has 1 saturated carbocycles. The Morgan fingerprint density at radius 1 is 1.21 bits per heavy atom. The molecule has 1 aromatic carbocycles. The number of likely N-dealkylation sites (N-methyl/N-ethyl adjacent to an activating group) is 1. The van der Waals surface area contributed by atoms with Crippen LogP contribution in [0.25, 0.3) is 0 Å². The van der Waals surface area contributed by atoms with E-state index >= 15 is 0 Å². The van der Waals surface area contributed by atoms with E-state index in [9.17, 15) is 9.59 Å². The lowest BCUT2D eigenvalue weighted by Crippen LogP contribution is -2.43. The third kappa shape index (κ3) is 5.38. The summed E-state index contributed by atoms with van der Waals surface area (Å²) >= 11 is 11.9. The first-order valence-corrected chi connectivity index (χ1v) is 9.16. The molecule has 0 aliphatic heterocycles. The van der Waals surface area contributed by atoms with Crippen LogP contribution in [-0.4, -0.2) is 36.0 Å². The molecule has 0 saturated heterocycles. The summed E-state index contributed by atoms with van der Waals surface area (Å²) in [7, 11) is 0. The monoisotopic (exact) mass is 371 g/mol. The molecular formula is C18H23Cl2NO3. The van der Waals surface area contributed by atoms with Crippen molar-refractivity contribution < 1.29 is 14.3 Å². The average Bonchev–Trinajstić information content (AvgIpc) is 2.57. The highest BCUT2D eigenvalue weighted by Gasteiger charge is 2.24. The summed E-state index contributed by atoms with van der Waals surface area (Å²) < 4.78 is 5.14. The first-order valence-electron chi connectivity index (χ1n) is 8.40. The lowest BCUT2D eigenvalue weighted by atomic mass is 9.94. The molecule has 0 heterocycles. The maximum atomic E-state index is 12.3. The molecule has 132 valence electrons. The van der Waals surface area contributed by atoms with Crippen molar-refractivity contribution >= 4 is 35.1 Å². The van der Waals surface area contributed by atoms with Crippen molar-refractivity contribution in [1.29, 1.82) is 0 Å². The second-order valence-electron chi connectivity index (χ2n) is 6.04. The highest BCUT2D eigenvalue weighted by molar-refractivity contribution is 6.35. The molecule has 4 nitrogen and oxygen atoms in total. The van der Waals surface area contributed by atoms with E-state index in [0.717, 1.165) is 25.7 Å². The normalized spacial score (nSPS) is 15.1. The molecule has 2 rings (SSSR count). The van der Waals surface area contributed by atoms with Gasteiger partial charge in [0.05, 0.1) is 6.42 Å². The fourth-order valence-corrected chi connectivity index (χ4v) is 3.60. The standard InChI is InChI=1S/C18H23Cl2NO3/c1-2-21(15-6-4-3-5-7-15)17(22)12-24-18(23)10-13-8-9-14(19)11-16(13)20/h8-9,11,15H,2-7,10,12H2,1H3. The van der Waals surface area contributed by atoms with Crippen LogP contribution in [-0.2, 0) is 20.7 Å². The average molecular weight is 372 g/mol. The van der Waals surface area contributed by atoms with Crippen molar-refractivity contribution in [3.05, 3.63) is 33.8 Å². The van der Waals surface area contributed by atoms with Gasteiger partial charge in [0.15, 0.2) is 6.61 Å². The summed E-state index contributed by atoms with van der Waals surface area (Å²) in [5.41, 5.74) is 0.637. The maximum absolute atomic E-state index is 12.3. The number of esters is 1. The number of hydrogen-bond donors (Lipinski definition) is 0. The quantitative estimate of drug-likeness (QED) is 0.701. The Bertz CT molecular complexity index is 586. The van der Waals surface area contributed by atoms with E-state index in [2.05, 4.69) is 0 Å². The fraction of sp³-hybridized carbons (Fsp3) is 0.556. The summed E-state index contributed by atoms with van der Waals surface area (Å²) in [5.74, 6) is -0.591. The van der Waals surface area contributed by atoms with Crippen LogP contribution in [0.5, 0.6) is 0 Å². The minimum absolute atomic E-state index is 0.0266. The van der Waals surface area contributed by atoms with Gasteiger partial charge in [-0.3, -0.25) is 9.59 Å². The van der Waals surface area contributed by atoms with E-state index < -0.39 is 5.97 Å². The number of amides is 1. The van der Waals surface area contributed by atoms with Crippen LogP contribution >= 0.6 is 23.2 Å². The summed E-state index contributed by atoms with van der Waals surface area (Å²) in [6.07, 6.45) is 5.65. The molecular weight excluding hydrogens is 349 g/mol. The van der Waals surface area contributed by atoms with E-state index in [1.54, 1.807) is 18.2 Å². The number of nitrogens with zero attached hydrogens (tertiary/aromatic N) is 1. The van der Waals surface area contributed by atoms with Crippen molar-refractivity contribution in [1.82, 2.24) is 4.90 Å². The van der Waals surface area contributed by atoms with Gasteiger partial charge >= 0.3 is 5.97 Å². The lowest BCUT2D eigenvalue weighted by Gasteiger charge is -2.33. The summed E-state index contributed by atoms with van der Waals surface area (Å²) in [4.78, 5) is 26.1. The molecule has 1 fully saturated rings.